The van der Waals surface area contributed by atoms with Crippen molar-refractivity contribution in [3.63, 3.8) is 0 Å². The van der Waals surface area contributed by atoms with Gasteiger partial charge >= 0.3 is 0 Å². The van der Waals surface area contributed by atoms with Crippen LogP contribution in [0.3, 0.4) is 0 Å². The van der Waals surface area contributed by atoms with E-state index in [1.165, 1.54) is 0 Å². The van der Waals surface area contributed by atoms with Crippen LogP contribution in [0.2, 0.25) is 0 Å². The molecule has 0 aliphatic heterocycles. The van der Waals surface area contributed by atoms with Gasteiger partial charge in [0, 0.05) is 5.54 Å². The smallest absolute Gasteiger partial charge is 0.183 e. The van der Waals surface area contributed by atoms with Gasteiger partial charge in [0.15, 0.2) is 4.67 Å². The molecule has 0 amide bonds. The Labute approximate surface area is 95.3 Å². The summed E-state index contributed by atoms with van der Waals surface area (Å²) in [5.74, 6) is 0.925. The van der Waals surface area contributed by atoms with E-state index in [-0.39, 0.29) is 5.54 Å². The van der Waals surface area contributed by atoms with Gasteiger partial charge in [-0.2, -0.15) is 0 Å². The van der Waals surface area contributed by atoms with Crippen molar-refractivity contribution in [1.29, 1.82) is 0 Å². The van der Waals surface area contributed by atoms with Crippen LogP contribution in [0.5, 0.6) is 0 Å². The van der Waals surface area contributed by atoms with E-state index in [1.807, 2.05) is 6.07 Å². The minimum Gasteiger partial charge on any atom is -0.452 e. The van der Waals surface area contributed by atoms with Crippen molar-refractivity contribution in [3.05, 3.63) is 21.0 Å². The summed E-state index contributed by atoms with van der Waals surface area (Å²) >= 11 is 6.66. The molecule has 1 rings (SSSR count). The third-order valence-electron chi connectivity index (χ3n) is 1.49. The maximum atomic E-state index is 5.42. The van der Waals surface area contributed by atoms with Crippen LogP contribution < -0.4 is 5.32 Å². The molecule has 13 heavy (non-hydrogen) atoms. The summed E-state index contributed by atoms with van der Waals surface area (Å²) < 4.78 is 7.12. The molecule has 0 aliphatic rings. The lowest BCUT2D eigenvalue weighted by Crippen LogP contribution is -2.34. The number of halogens is 2. The Hall–Kier alpha value is 0.200. The first-order valence-corrected chi connectivity index (χ1v) is 5.66. The monoisotopic (exact) mass is 309 g/mol. The second-order valence-corrected chi connectivity index (χ2v) is 5.51. The molecule has 1 aromatic heterocycles. The minimum absolute atomic E-state index is 0.117. The van der Waals surface area contributed by atoms with E-state index >= 15 is 0 Å². The van der Waals surface area contributed by atoms with Crippen LogP contribution in [0, 0.1) is 0 Å². The topological polar surface area (TPSA) is 25.2 Å². The Morgan fingerprint density at radius 2 is 2.00 bits per heavy atom. The molecule has 0 bridgehead atoms. The SMILES string of the molecule is CC(C)(C)NCc1cc(Br)c(Br)o1. The summed E-state index contributed by atoms with van der Waals surface area (Å²) in [6.07, 6.45) is 0. The second-order valence-electron chi connectivity index (χ2n) is 3.94. The van der Waals surface area contributed by atoms with E-state index in [1.54, 1.807) is 0 Å². The number of rotatable bonds is 2. The molecule has 4 heteroatoms. The van der Waals surface area contributed by atoms with Crippen LogP contribution >= 0.6 is 31.9 Å². The van der Waals surface area contributed by atoms with Crippen LogP contribution in [-0.4, -0.2) is 5.54 Å². The zero-order chi connectivity index (χ0) is 10.1. The molecule has 0 saturated carbocycles. The quantitative estimate of drug-likeness (QED) is 0.901. The Morgan fingerprint density at radius 3 is 2.38 bits per heavy atom. The largest absolute Gasteiger partial charge is 0.452 e. The van der Waals surface area contributed by atoms with Gasteiger partial charge in [-0.25, -0.2) is 0 Å². The van der Waals surface area contributed by atoms with Crippen molar-refractivity contribution in [2.45, 2.75) is 32.9 Å². The van der Waals surface area contributed by atoms with Gasteiger partial charge in [0.25, 0.3) is 0 Å². The Kier molecular flexibility index (Phi) is 3.60. The van der Waals surface area contributed by atoms with Gasteiger partial charge in [0.2, 0.25) is 0 Å². The lowest BCUT2D eigenvalue weighted by Gasteiger charge is -2.19. The molecule has 0 atom stereocenters. The fourth-order valence-electron chi connectivity index (χ4n) is 0.831. The van der Waals surface area contributed by atoms with E-state index in [0.717, 1.165) is 21.4 Å². The van der Waals surface area contributed by atoms with Crippen molar-refractivity contribution in [1.82, 2.24) is 5.32 Å². The lowest BCUT2D eigenvalue weighted by atomic mass is 10.1. The predicted octanol–water partition coefficient (Wildman–Crippen LogP) is 3.69. The van der Waals surface area contributed by atoms with Gasteiger partial charge in [0.1, 0.15) is 5.76 Å². The van der Waals surface area contributed by atoms with E-state index < -0.39 is 0 Å². The second kappa shape index (κ2) is 4.15. The molecule has 1 aromatic rings. The van der Waals surface area contributed by atoms with E-state index in [9.17, 15) is 0 Å². The van der Waals surface area contributed by atoms with Gasteiger partial charge < -0.3 is 9.73 Å². The summed E-state index contributed by atoms with van der Waals surface area (Å²) in [6.45, 7) is 7.12. The van der Waals surface area contributed by atoms with Crippen LogP contribution in [0.4, 0.5) is 0 Å². The predicted molar refractivity (Wildman–Crippen MR) is 60.7 cm³/mol. The average Bonchev–Trinajstić information content (AvgIpc) is 2.27. The van der Waals surface area contributed by atoms with Gasteiger partial charge in [-0.05, 0) is 58.7 Å². The molecule has 0 unspecified atom stereocenters. The fraction of sp³-hybridized carbons (Fsp3) is 0.556. The van der Waals surface area contributed by atoms with E-state index in [0.29, 0.717) is 0 Å². The molecule has 2 nitrogen and oxygen atoms in total. The Bertz CT molecular complexity index is 269. The van der Waals surface area contributed by atoms with Crippen molar-refractivity contribution < 1.29 is 4.42 Å². The summed E-state index contributed by atoms with van der Waals surface area (Å²) in [5, 5.41) is 3.34. The molecule has 0 aromatic carbocycles. The average molecular weight is 311 g/mol. The number of furan rings is 1. The molecular weight excluding hydrogens is 298 g/mol. The van der Waals surface area contributed by atoms with Crippen molar-refractivity contribution in [2.75, 3.05) is 0 Å². The highest BCUT2D eigenvalue weighted by molar-refractivity contribution is 9.13. The number of hydrogen-bond acceptors (Lipinski definition) is 2. The lowest BCUT2D eigenvalue weighted by molar-refractivity contribution is 0.383. The summed E-state index contributed by atoms with van der Waals surface area (Å²) in [7, 11) is 0. The first kappa shape index (κ1) is 11.3. The molecule has 1 heterocycles. The highest BCUT2D eigenvalue weighted by Gasteiger charge is 2.11. The first-order chi connectivity index (χ1) is 5.88. The van der Waals surface area contributed by atoms with Crippen molar-refractivity contribution in [3.8, 4) is 0 Å². The normalized spacial score (nSPS) is 12.1. The van der Waals surface area contributed by atoms with Crippen molar-refractivity contribution in [2.24, 2.45) is 0 Å². The standard InChI is InChI=1S/C9H13Br2NO/c1-9(2,3)12-5-6-4-7(10)8(11)13-6/h4,12H,5H2,1-3H3. The molecule has 0 fully saturated rings. The van der Waals surface area contributed by atoms with E-state index in [4.69, 9.17) is 4.42 Å². The summed E-state index contributed by atoms with van der Waals surface area (Å²) in [4.78, 5) is 0. The third-order valence-corrected chi connectivity index (χ3v) is 3.20. The molecule has 0 aliphatic carbocycles. The minimum atomic E-state index is 0.117. The van der Waals surface area contributed by atoms with Gasteiger partial charge in [-0.15, -0.1) is 0 Å². The maximum absolute atomic E-state index is 5.42. The maximum Gasteiger partial charge on any atom is 0.183 e. The fourth-order valence-corrected chi connectivity index (χ4v) is 1.49. The summed E-state index contributed by atoms with van der Waals surface area (Å²) in [6, 6.07) is 1.96. The van der Waals surface area contributed by atoms with Crippen LogP contribution in [-0.2, 0) is 6.54 Å². The third kappa shape index (κ3) is 3.83. The van der Waals surface area contributed by atoms with E-state index in [2.05, 4.69) is 57.9 Å². The van der Waals surface area contributed by atoms with Gasteiger partial charge in [-0.3, -0.25) is 0 Å². The molecule has 0 radical (unpaired) electrons. The van der Waals surface area contributed by atoms with Crippen molar-refractivity contribution >= 4 is 31.9 Å². The highest BCUT2D eigenvalue weighted by atomic mass is 79.9. The van der Waals surface area contributed by atoms with Crippen LogP contribution in [0.15, 0.2) is 19.6 Å². The molecular formula is C9H13Br2NO. The van der Waals surface area contributed by atoms with Crippen LogP contribution in [0.1, 0.15) is 26.5 Å². The number of nitrogens with one attached hydrogen (secondary N) is 1. The zero-order valence-electron chi connectivity index (χ0n) is 7.95. The van der Waals surface area contributed by atoms with Gasteiger partial charge in [-0.1, -0.05) is 0 Å². The van der Waals surface area contributed by atoms with Crippen LogP contribution in [0.25, 0.3) is 0 Å². The first-order valence-electron chi connectivity index (χ1n) is 4.07. The zero-order valence-corrected chi connectivity index (χ0v) is 11.1. The summed E-state index contributed by atoms with van der Waals surface area (Å²) in [5.41, 5.74) is 0.117. The van der Waals surface area contributed by atoms with Gasteiger partial charge in [0.05, 0.1) is 11.0 Å². The molecule has 74 valence electrons. The Balaban J connectivity index is 2.56. The molecule has 1 N–H and O–H groups in total. The number of hydrogen-bond donors (Lipinski definition) is 1. The Morgan fingerprint density at radius 1 is 1.38 bits per heavy atom. The highest BCUT2D eigenvalue weighted by Crippen LogP contribution is 2.26. The molecule has 0 saturated heterocycles. The molecule has 0 spiro atoms.